The van der Waals surface area contributed by atoms with Gasteiger partial charge in [0.15, 0.2) is 5.75 Å². The van der Waals surface area contributed by atoms with Crippen molar-refractivity contribution in [3.8, 4) is 5.75 Å². The van der Waals surface area contributed by atoms with Gasteiger partial charge in [-0.15, -0.1) is 0 Å². The third-order valence-electron chi connectivity index (χ3n) is 3.18. The second-order valence-electron chi connectivity index (χ2n) is 4.85. The molecule has 0 unspecified atom stereocenters. The topological polar surface area (TPSA) is 52.6 Å². The van der Waals surface area contributed by atoms with Crippen LogP contribution in [0.5, 0.6) is 5.75 Å². The fraction of sp³-hybridized carbons (Fsp3) is 0.294. The van der Waals surface area contributed by atoms with Crippen LogP contribution in [0.4, 0.5) is 0 Å². The Kier molecular flexibility index (Phi) is 6.25. The fourth-order valence-electron chi connectivity index (χ4n) is 2.15. The molecule has 4 nitrogen and oxygen atoms in total. The van der Waals surface area contributed by atoms with E-state index in [9.17, 15) is 9.59 Å². The van der Waals surface area contributed by atoms with Crippen LogP contribution in [0.2, 0.25) is 10.0 Å². The molecule has 0 aliphatic carbocycles. The molecule has 0 bridgehead atoms. The Hall–Kier alpha value is -1.78. The van der Waals surface area contributed by atoms with Crippen molar-refractivity contribution in [2.45, 2.75) is 26.2 Å². The first-order valence-corrected chi connectivity index (χ1v) is 8.01. The second-order valence-corrected chi connectivity index (χ2v) is 5.66. The maximum Gasteiger partial charge on any atom is 0.311 e. The summed E-state index contributed by atoms with van der Waals surface area (Å²) in [5.74, 6) is -0.494. The zero-order chi connectivity index (χ0) is 16.8. The summed E-state index contributed by atoms with van der Waals surface area (Å²) < 4.78 is 10.2. The Morgan fingerprint density at radius 1 is 1.00 bits per heavy atom. The van der Waals surface area contributed by atoms with Gasteiger partial charge in [0.1, 0.15) is 0 Å². The van der Waals surface area contributed by atoms with Crippen molar-refractivity contribution in [1.29, 1.82) is 0 Å². The van der Waals surface area contributed by atoms with Crippen LogP contribution >= 0.6 is 23.2 Å². The van der Waals surface area contributed by atoms with Gasteiger partial charge in [0.2, 0.25) is 0 Å². The number of hydrogen-bond acceptors (Lipinski definition) is 4. The van der Waals surface area contributed by atoms with Crippen molar-refractivity contribution >= 4 is 45.9 Å². The normalized spacial score (nSPS) is 10.6. The Labute approximate surface area is 144 Å². The van der Waals surface area contributed by atoms with Crippen LogP contribution < -0.4 is 4.74 Å². The first-order chi connectivity index (χ1) is 11.0. The van der Waals surface area contributed by atoms with E-state index in [2.05, 4.69) is 0 Å². The van der Waals surface area contributed by atoms with Crippen LogP contribution in [0, 0.1) is 0 Å². The molecular weight excluding hydrogens is 339 g/mol. The number of esters is 2. The average Bonchev–Trinajstić information content (AvgIpc) is 2.52. The molecule has 2 aromatic carbocycles. The van der Waals surface area contributed by atoms with Gasteiger partial charge in [-0.3, -0.25) is 9.59 Å². The molecule has 0 radical (unpaired) electrons. The molecule has 23 heavy (non-hydrogen) atoms. The zero-order valence-corrected chi connectivity index (χ0v) is 14.1. The number of fused-ring (bicyclic) bond motifs is 1. The van der Waals surface area contributed by atoms with Crippen molar-refractivity contribution in [2.75, 3.05) is 6.61 Å². The molecular formula is C17H16Cl2O4. The minimum atomic E-state index is -0.455. The minimum absolute atomic E-state index is 0.103. The van der Waals surface area contributed by atoms with Crippen molar-refractivity contribution in [1.82, 2.24) is 0 Å². The second kappa shape index (κ2) is 8.18. The van der Waals surface area contributed by atoms with E-state index in [1.54, 1.807) is 19.1 Å². The quantitative estimate of drug-likeness (QED) is 0.552. The van der Waals surface area contributed by atoms with Crippen molar-refractivity contribution < 1.29 is 19.1 Å². The maximum absolute atomic E-state index is 12.0. The van der Waals surface area contributed by atoms with Gasteiger partial charge in [0, 0.05) is 23.6 Å². The van der Waals surface area contributed by atoms with Gasteiger partial charge < -0.3 is 9.47 Å². The number of carbonyl (C=O) groups is 2. The van der Waals surface area contributed by atoms with Gasteiger partial charge in [-0.25, -0.2) is 0 Å². The van der Waals surface area contributed by atoms with Gasteiger partial charge in [-0.05, 0) is 19.4 Å². The van der Waals surface area contributed by atoms with Crippen LogP contribution in [0.25, 0.3) is 10.8 Å². The minimum Gasteiger partial charge on any atom is -0.466 e. The molecule has 0 N–H and O–H groups in total. The first kappa shape index (κ1) is 17.6. The molecule has 0 fully saturated rings. The summed E-state index contributed by atoms with van der Waals surface area (Å²) in [5, 5.41) is 2.19. The smallest absolute Gasteiger partial charge is 0.311 e. The molecule has 0 aliphatic rings. The molecule has 2 rings (SSSR count). The highest BCUT2D eigenvalue weighted by atomic mass is 35.5. The number of rotatable bonds is 6. The van der Waals surface area contributed by atoms with Gasteiger partial charge in [-0.2, -0.15) is 0 Å². The van der Waals surface area contributed by atoms with E-state index in [4.69, 9.17) is 32.7 Å². The zero-order valence-electron chi connectivity index (χ0n) is 12.6. The van der Waals surface area contributed by atoms with E-state index >= 15 is 0 Å². The number of hydrogen-bond donors (Lipinski definition) is 0. The summed E-state index contributed by atoms with van der Waals surface area (Å²) in [6.45, 7) is 2.06. The van der Waals surface area contributed by atoms with E-state index in [-0.39, 0.29) is 29.6 Å². The summed E-state index contributed by atoms with van der Waals surface area (Å²) in [5.41, 5.74) is 0. The Morgan fingerprint density at radius 3 is 2.35 bits per heavy atom. The third kappa shape index (κ3) is 4.60. The molecule has 0 heterocycles. The standard InChI is InChI=1S/C17H16Cl2O4/c1-2-22-15(20)8-5-9-16(21)23-17-12-7-4-3-6-11(12)13(18)10-14(17)19/h3-4,6-7,10H,2,5,8-9H2,1H3. The Morgan fingerprint density at radius 2 is 1.65 bits per heavy atom. The number of benzene rings is 2. The summed E-state index contributed by atoms with van der Waals surface area (Å²) >= 11 is 12.3. The van der Waals surface area contributed by atoms with E-state index in [0.717, 1.165) is 5.39 Å². The first-order valence-electron chi connectivity index (χ1n) is 7.26. The van der Waals surface area contributed by atoms with Crippen LogP contribution in [0.3, 0.4) is 0 Å². The average molecular weight is 355 g/mol. The highest BCUT2D eigenvalue weighted by Crippen LogP contribution is 2.38. The molecule has 0 spiro atoms. The molecule has 122 valence electrons. The van der Waals surface area contributed by atoms with E-state index in [1.165, 1.54) is 0 Å². The van der Waals surface area contributed by atoms with E-state index in [1.807, 2.05) is 18.2 Å². The SMILES string of the molecule is CCOC(=O)CCCC(=O)Oc1c(Cl)cc(Cl)c2ccccc12. The number of carbonyl (C=O) groups excluding carboxylic acids is 2. The Bertz CT molecular complexity index is 728. The van der Waals surface area contributed by atoms with Crippen LogP contribution in [-0.2, 0) is 14.3 Å². The fourth-order valence-corrected chi connectivity index (χ4v) is 2.73. The van der Waals surface area contributed by atoms with E-state index in [0.29, 0.717) is 23.4 Å². The van der Waals surface area contributed by atoms with Crippen molar-refractivity contribution in [3.63, 3.8) is 0 Å². The highest BCUT2D eigenvalue weighted by molar-refractivity contribution is 6.40. The number of ether oxygens (including phenoxy) is 2. The summed E-state index contributed by atoms with van der Waals surface area (Å²) in [6, 6.07) is 8.81. The maximum atomic E-state index is 12.0. The predicted octanol–water partition coefficient (Wildman–Crippen LogP) is 4.79. The molecule has 0 amide bonds. The molecule has 2 aromatic rings. The number of halogens is 2. The van der Waals surface area contributed by atoms with Crippen LogP contribution in [0.1, 0.15) is 26.2 Å². The Balaban J connectivity index is 2.07. The lowest BCUT2D eigenvalue weighted by Gasteiger charge is -2.11. The predicted molar refractivity (Wildman–Crippen MR) is 90.1 cm³/mol. The molecule has 0 aromatic heterocycles. The van der Waals surface area contributed by atoms with Crippen LogP contribution in [-0.4, -0.2) is 18.5 Å². The third-order valence-corrected chi connectivity index (χ3v) is 3.78. The lowest BCUT2D eigenvalue weighted by molar-refractivity contribution is -0.143. The van der Waals surface area contributed by atoms with Gasteiger partial charge in [-0.1, -0.05) is 47.5 Å². The summed E-state index contributed by atoms with van der Waals surface area (Å²) in [7, 11) is 0. The van der Waals surface area contributed by atoms with Crippen molar-refractivity contribution in [2.24, 2.45) is 0 Å². The van der Waals surface area contributed by atoms with Gasteiger partial charge in [0.05, 0.1) is 16.7 Å². The molecule has 0 saturated heterocycles. The lowest BCUT2D eigenvalue weighted by atomic mass is 10.1. The molecule has 0 aliphatic heterocycles. The molecule has 0 saturated carbocycles. The van der Waals surface area contributed by atoms with Gasteiger partial charge in [0.25, 0.3) is 0 Å². The van der Waals surface area contributed by atoms with Crippen molar-refractivity contribution in [3.05, 3.63) is 40.4 Å². The highest BCUT2D eigenvalue weighted by Gasteiger charge is 2.15. The van der Waals surface area contributed by atoms with E-state index < -0.39 is 5.97 Å². The largest absolute Gasteiger partial charge is 0.466 e. The van der Waals surface area contributed by atoms with Gasteiger partial charge >= 0.3 is 11.9 Å². The van der Waals surface area contributed by atoms with Crippen LogP contribution in [0.15, 0.2) is 30.3 Å². The molecule has 0 atom stereocenters. The summed E-state index contributed by atoms with van der Waals surface area (Å²) in [6.07, 6.45) is 0.644. The monoisotopic (exact) mass is 354 g/mol. The summed E-state index contributed by atoms with van der Waals surface area (Å²) in [4.78, 5) is 23.2. The lowest BCUT2D eigenvalue weighted by Crippen LogP contribution is -2.10. The molecule has 6 heteroatoms.